The van der Waals surface area contributed by atoms with Crippen LogP contribution in [0.4, 0.5) is 0 Å². The molecule has 2 aromatic rings. The smallest absolute Gasteiger partial charge is 0.261 e. The molecule has 2 rings (SSSR count). The number of benzene rings is 2. The third-order valence-corrected chi connectivity index (χ3v) is 3.45. The van der Waals surface area contributed by atoms with Gasteiger partial charge < -0.3 is 0 Å². The van der Waals surface area contributed by atoms with Crippen LogP contribution in [0.3, 0.4) is 0 Å². The first-order valence-electron chi connectivity index (χ1n) is 6.66. The van der Waals surface area contributed by atoms with Crippen LogP contribution >= 0.6 is 11.6 Å². The quantitative estimate of drug-likeness (QED) is 0.293. The molecule has 4 nitrogen and oxygen atoms in total. The van der Waals surface area contributed by atoms with E-state index in [1.54, 1.807) is 54.6 Å². The maximum atomic E-state index is 12.3. The number of carbonyl (C=O) groups excluding carboxylic acids is 2. The van der Waals surface area contributed by atoms with Gasteiger partial charge in [-0.25, -0.2) is 5.84 Å². The van der Waals surface area contributed by atoms with Crippen molar-refractivity contribution in [1.82, 2.24) is 5.43 Å². The number of amides is 1. The Labute approximate surface area is 133 Å². The summed E-state index contributed by atoms with van der Waals surface area (Å²) in [4.78, 5) is 24.2. The first-order chi connectivity index (χ1) is 10.6. The van der Waals surface area contributed by atoms with E-state index in [0.717, 1.165) is 0 Å². The van der Waals surface area contributed by atoms with E-state index in [1.165, 1.54) is 0 Å². The zero-order valence-electron chi connectivity index (χ0n) is 11.8. The fourth-order valence-corrected chi connectivity index (χ4v) is 2.16. The van der Waals surface area contributed by atoms with E-state index in [0.29, 0.717) is 16.1 Å². The highest BCUT2D eigenvalue weighted by Crippen LogP contribution is 2.20. The van der Waals surface area contributed by atoms with Gasteiger partial charge in [0.05, 0.1) is 0 Å². The number of ketones is 1. The maximum absolute atomic E-state index is 12.3. The monoisotopic (exact) mass is 314 g/mol. The minimum absolute atomic E-state index is 0.0573. The van der Waals surface area contributed by atoms with Crippen LogP contribution in [0.2, 0.25) is 5.02 Å². The molecule has 2 aromatic carbocycles. The molecule has 1 amide bonds. The van der Waals surface area contributed by atoms with Crippen molar-refractivity contribution in [1.29, 1.82) is 0 Å². The Hall–Kier alpha value is -2.43. The second-order valence-electron chi connectivity index (χ2n) is 4.63. The summed E-state index contributed by atoms with van der Waals surface area (Å²) in [5.74, 6) is 4.52. The van der Waals surface area contributed by atoms with Crippen LogP contribution in [0.5, 0.6) is 0 Å². The number of nitrogens with one attached hydrogen (secondary N) is 1. The lowest BCUT2D eigenvalue weighted by atomic mass is 10.0. The molecule has 0 spiro atoms. The highest BCUT2D eigenvalue weighted by Gasteiger charge is 2.15. The van der Waals surface area contributed by atoms with Crippen LogP contribution in [0, 0.1) is 0 Å². The lowest BCUT2D eigenvalue weighted by molar-refractivity contribution is -0.117. The summed E-state index contributed by atoms with van der Waals surface area (Å²) < 4.78 is 0. The van der Waals surface area contributed by atoms with E-state index < -0.39 is 5.91 Å². The predicted octanol–water partition coefficient (Wildman–Crippen LogP) is 2.99. The van der Waals surface area contributed by atoms with Gasteiger partial charge in [0.2, 0.25) is 0 Å². The summed E-state index contributed by atoms with van der Waals surface area (Å²) in [5.41, 5.74) is 3.51. The van der Waals surface area contributed by atoms with Crippen molar-refractivity contribution in [3.63, 3.8) is 0 Å². The first-order valence-corrected chi connectivity index (χ1v) is 7.04. The van der Waals surface area contributed by atoms with Crippen molar-refractivity contribution in [3.8, 4) is 0 Å². The summed E-state index contributed by atoms with van der Waals surface area (Å²) in [6, 6.07) is 15.8. The van der Waals surface area contributed by atoms with Crippen molar-refractivity contribution in [2.24, 2.45) is 5.84 Å². The van der Waals surface area contributed by atoms with Gasteiger partial charge >= 0.3 is 0 Å². The second-order valence-corrected chi connectivity index (χ2v) is 5.04. The Morgan fingerprint density at radius 3 is 2.32 bits per heavy atom. The van der Waals surface area contributed by atoms with E-state index in [2.05, 4.69) is 5.43 Å². The van der Waals surface area contributed by atoms with E-state index in [4.69, 9.17) is 17.4 Å². The minimum atomic E-state index is -0.510. The van der Waals surface area contributed by atoms with Gasteiger partial charge in [-0.3, -0.25) is 15.0 Å². The molecule has 0 aromatic heterocycles. The van der Waals surface area contributed by atoms with Gasteiger partial charge in [0.25, 0.3) is 5.91 Å². The van der Waals surface area contributed by atoms with Gasteiger partial charge in [-0.2, -0.15) is 0 Å². The van der Waals surface area contributed by atoms with Crippen molar-refractivity contribution in [2.75, 3.05) is 0 Å². The number of hydrogen-bond donors (Lipinski definition) is 2. The van der Waals surface area contributed by atoms with Crippen LogP contribution in [0.1, 0.15) is 22.3 Å². The van der Waals surface area contributed by atoms with Crippen molar-refractivity contribution in [3.05, 3.63) is 76.3 Å². The van der Waals surface area contributed by atoms with Crippen molar-refractivity contribution in [2.45, 2.75) is 6.42 Å². The van der Waals surface area contributed by atoms with E-state index in [-0.39, 0.29) is 17.8 Å². The number of hydrogen-bond acceptors (Lipinski definition) is 3. The summed E-state index contributed by atoms with van der Waals surface area (Å²) >= 11 is 6.08. The van der Waals surface area contributed by atoms with Crippen molar-refractivity contribution < 1.29 is 9.59 Å². The van der Waals surface area contributed by atoms with Gasteiger partial charge in [-0.05, 0) is 17.7 Å². The lowest BCUT2D eigenvalue weighted by Gasteiger charge is -2.07. The molecule has 0 aliphatic heterocycles. The molecule has 0 bridgehead atoms. The van der Waals surface area contributed by atoms with Gasteiger partial charge in [0.1, 0.15) is 0 Å². The summed E-state index contributed by atoms with van der Waals surface area (Å²) in [6.07, 6.45) is 1.52. The lowest BCUT2D eigenvalue weighted by Crippen LogP contribution is -2.32. The number of rotatable bonds is 5. The number of Topliss-reactive ketones (excluding diaryl/α,β-unsaturated/α-hetero) is 1. The van der Waals surface area contributed by atoms with E-state index in [9.17, 15) is 9.59 Å². The third-order valence-electron chi connectivity index (χ3n) is 3.10. The standard InChI is InChI=1S/C17H15ClN2O2/c18-15-9-5-4-8-13(15)10-14(17(22)20-19)11-16(21)12-6-2-1-3-7-12/h1-10H,11,19H2,(H,20,22). The molecule has 0 aliphatic rings. The maximum Gasteiger partial charge on any atom is 0.261 e. The largest absolute Gasteiger partial charge is 0.294 e. The number of nitrogens with two attached hydrogens (primary N) is 1. The zero-order valence-corrected chi connectivity index (χ0v) is 12.5. The fourth-order valence-electron chi connectivity index (χ4n) is 1.97. The number of halogens is 1. The van der Waals surface area contributed by atoms with Crippen LogP contribution in [-0.2, 0) is 4.79 Å². The molecule has 0 saturated heterocycles. The Morgan fingerprint density at radius 2 is 1.68 bits per heavy atom. The fraction of sp³-hybridized carbons (Fsp3) is 0.0588. The van der Waals surface area contributed by atoms with E-state index in [1.807, 2.05) is 6.07 Å². The highest BCUT2D eigenvalue weighted by atomic mass is 35.5. The second kappa shape index (κ2) is 7.54. The Balaban J connectivity index is 2.30. The van der Waals surface area contributed by atoms with Crippen LogP contribution in [0.25, 0.3) is 6.08 Å². The van der Waals surface area contributed by atoms with Crippen LogP contribution < -0.4 is 11.3 Å². The molecule has 0 unspecified atom stereocenters. The van der Waals surface area contributed by atoms with Gasteiger partial charge in [-0.1, -0.05) is 60.1 Å². The normalized spacial score (nSPS) is 11.1. The van der Waals surface area contributed by atoms with Gasteiger partial charge in [0.15, 0.2) is 5.78 Å². The molecule has 0 saturated carbocycles. The number of hydrazine groups is 1. The molecule has 3 N–H and O–H groups in total. The third kappa shape index (κ3) is 4.04. The van der Waals surface area contributed by atoms with E-state index >= 15 is 0 Å². The molecule has 0 atom stereocenters. The Bertz CT molecular complexity index is 712. The van der Waals surface area contributed by atoms with Crippen LogP contribution in [-0.4, -0.2) is 11.7 Å². The summed E-state index contributed by atoms with van der Waals surface area (Å²) in [5, 5.41) is 0.497. The average Bonchev–Trinajstić information content (AvgIpc) is 2.56. The molecule has 112 valence electrons. The topological polar surface area (TPSA) is 72.2 Å². The molecular formula is C17H15ClN2O2. The van der Waals surface area contributed by atoms with Crippen molar-refractivity contribution >= 4 is 29.4 Å². The Kier molecular flexibility index (Phi) is 5.47. The molecule has 22 heavy (non-hydrogen) atoms. The predicted molar refractivity (Wildman–Crippen MR) is 87.1 cm³/mol. The molecule has 0 heterocycles. The van der Waals surface area contributed by atoms with Gasteiger partial charge in [0, 0.05) is 22.6 Å². The zero-order chi connectivity index (χ0) is 15.9. The molecule has 0 aliphatic carbocycles. The molecule has 0 fully saturated rings. The summed E-state index contributed by atoms with van der Waals surface area (Å²) in [6.45, 7) is 0. The highest BCUT2D eigenvalue weighted by molar-refractivity contribution is 6.32. The average molecular weight is 315 g/mol. The SMILES string of the molecule is NNC(=O)C(=Cc1ccccc1Cl)CC(=O)c1ccccc1. The first kappa shape index (κ1) is 15.9. The molecule has 5 heteroatoms. The number of carbonyl (C=O) groups is 2. The Morgan fingerprint density at radius 1 is 1.05 bits per heavy atom. The molecule has 0 radical (unpaired) electrons. The minimum Gasteiger partial charge on any atom is -0.294 e. The van der Waals surface area contributed by atoms with Crippen LogP contribution in [0.15, 0.2) is 60.2 Å². The van der Waals surface area contributed by atoms with Gasteiger partial charge in [-0.15, -0.1) is 0 Å². The molecular weight excluding hydrogens is 300 g/mol. The summed E-state index contributed by atoms with van der Waals surface area (Å²) in [7, 11) is 0.